The summed E-state index contributed by atoms with van der Waals surface area (Å²) in [6.45, 7) is 8.96. The van der Waals surface area contributed by atoms with Crippen molar-refractivity contribution in [2.45, 2.75) is 27.2 Å². The molecular weight excluding hydrogens is 226 g/mol. The summed E-state index contributed by atoms with van der Waals surface area (Å²) >= 11 is 0. The summed E-state index contributed by atoms with van der Waals surface area (Å²) < 4.78 is 0. The van der Waals surface area contributed by atoms with E-state index in [-0.39, 0.29) is 6.03 Å². The second kappa shape index (κ2) is 7.58. The topological polar surface area (TPSA) is 44.4 Å². The van der Waals surface area contributed by atoms with Crippen LogP contribution >= 0.6 is 0 Å². The molecule has 0 atom stereocenters. The minimum atomic E-state index is -0.146. The summed E-state index contributed by atoms with van der Waals surface area (Å²) in [5.41, 5.74) is 2.00. The highest BCUT2D eigenvalue weighted by Gasteiger charge is 2.03. The van der Waals surface area contributed by atoms with E-state index in [1.807, 2.05) is 31.2 Å². The van der Waals surface area contributed by atoms with Gasteiger partial charge in [-0.1, -0.05) is 6.92 Å². The van der Waals surface area contributed by atoms with Crippen molar-refractivity contribution in [2.75, 3.05) is 29.9 Å². The number of hydrogen-bond donors (Lipinski definition) is 2. The highest BCUT2D eigenvalue weighted by Crippen LogP contribution is 2.17. The Hall–Kier alpha value is -1.71. The predicted octanol–water partition coefficient (Wildman–Crippen LogP) is 3.06. The van der Waals surface area contributed by atoms with Gasteiger partial charge in [0.15, 0.2) is 0 Å². The van der Waals surface area contributed by atoms with Crippen LogP contribution in [-0.2, 0) is 0 Å². The van der Waals surface area contributed by atoms with E-state index < -0.39 is 0 Å². The molecule has 0 radical (unpaired) electrons. The van der Waals surface area contributed by atoms with Crippen LogP contribution in [0.15, 0.2) is 24.3 Å². The molecule has 100 valence electrons. The number of rotatable bonds is 6. The molecule has 0 bridgehead atoms. The number of nitrogens with one attached hydrogen (secondary N) is 2. The molecule has 0 fully saturated rings. The predicted molar refractivity (Wildman–Crippen MR) is 77.3 cm³/mol. The number of amides is 2. The Morgan fingerprint density at radius 2 is 1.72 bits per heavy atom. The largest absolute Gasteiger partial charge is 0.372 e. The molecule has 18 heavy (non-hydrogen) atoms. The fourth-order valence-corrected chi connectivity index (χ4v) is 1.76. The van der Waals surface area contributed by atoms with Gasteiger partial charge in [-0.2, -0.15) is 0 Å². The van der Waals surface area contributed by atoms with E-state index in [1.54, 1.807) is 0 Å². The van der Waals surface area contributed by atoms with Gasteiger partial charge in [-0.15, -0.1) is 0 Å². The lowest BCUT2D eigenvalue weighted by molar-refractivity contribution is 0.252. The zero-order valence-corrected chi connectivity index (χ0v) is 11.5. The van der Waals surface area contributed by atoms with Crippen molar-refractivity contribution in [3.63, 3.8) is 0 Å². The summed E-state index contributed by atoms with van der Waals surface area (Å²) in [6.07, 6.45) is 0.939. The highest BCUT2D eigenvalue weighted by molar-refractivity contribution is 5.89. The lowest BCUT2D eigenvalue weighted by atomic mass is 10.2. The van der Waals surface area contributed by atoms with Crippen molar-refractivity contribution in [3.8, 4) is 0 Å². The molecule has 0 unspecified atom stereocenters. The first-order valence-electron chi connectivity index (χ1n) is 6.61. The quantitative estimate of drug-likeness (QED) is 0.813. The zero-order valence-electron chi connectivity index (χ0n) is 11.5. The lowest BCUT2D eigenvalue weighted by Crippen LogP contribution is -2.29. The number of nitrogens with zero attached hydrogens (tertiary/aromatic N) is 1. The molecule has 0 aliphatic carbocycles. The molecule has 0 spiro atoms. The minimum Gasteiger partial charge on any atom is -0.372 e. The number of carbonyl (C=O) groups excluding carboxylic acids is 1. The summed E-state index contributed by atoms with van der Waals surface area (Å²) in [6, 6.07) is 7.77. The number of benzene rings is 1. The van der Waals surface area contributed by atoms with Gasteiger partial charge in [0.05, 0.1) is 0 Å². The van der Waals surface area contributed by atoms with Crippen molar-refractivity contribution in [1.29, 1.82) is 0 Å². The number of carbonyl (C=O) groups is 1. The third-order valence-electron chi connectivity index (χ3n) is 2.79. The van der Waals surface area contributed by atoms with Gasteiger partial charge in [0.2, 0.25) is 0 Å². The summed E-state index contributed by atoms with van der Waals surface area (Å²) in [4.78, 5) is 13.7. The van der Waals surface area contributed by atoms with Crippen LogP contribution in [0.25, 0.3) is 0 Å². The van der Waals surface area contributed by atoms with Gasteiger partial charge in [0.25, 0.3) is 0 Å². The average molecular weight is 249 g/mol. The molecule has 4 nitrogen and oxygen atoms in total. The molecule has 0 aliphatic rings. The van der Waals surface area contributed by atoms with Crippen LogP contribution in [0.4, 0.5) is 16.2 Å². The highest BCUT2D eigenvalue weighted by atomic mass is 16.2. The van der Waals surface area contributed by atoms with Gasteiger partial charge >= 0.3 is 6.03 Å². The van der Waals surface area contributed by atoms with Crippen molar-refractivity contribution in [1.82, 2.24) is 5.32 Å². The molecule has 1 rings (SSSR count). The van der Waals surface area contributed by atoms with E-state index in [9.17, 15) is 4.79 Å². The van der Waals surface area contributed by atoms with Gasteiger partial charge in [0.1, 0.15) is 0 Å². The van der Waals surface area contributed by atoms with E-state index in [4.69, 9.17) is 0 Å². The van der Waals surface area contributed by atoms with E-state index >= 15 is 0 Å². The Kier molecular flexibility index (Phi) is 6.05. The molecule has 4 heteroatoms. The van der Waals surface area contributed by atoms with Crippen LogP contribution in [0.2, 0.25) is 0 Å². The number of urea groups is 1. The van der Waals surface area contributed by atoms with E-state index in [1.165, 1.54) is 5.69 Å². The molecule has 0 aromatic heterocycles. The fourth-order valence-electron chi connectivity index (χ4n) is 1.76. The molecule has 2 N–H and O–H groups in total. The number of anilines is 2. The number of hydrogen-bond acceptors (Lipinski definition) is 2. The van der Waals surface area contributed by atoms with Crippen LogP contribution in [-0.4, -0.2) is 25.7 Å². The van der Waals surface area contributed by atoms with E-state index in [0.717, 1.165) is 25.2 Å². The van der Waals surface area contributed by atoms with Crippen LogP contribution in [0.3, 0.4) is 0 Å². The Labute approximate surface area is 109 Å². The summed E-state index contributed by atoms with van der Waals surface area (Å²) in [5.74, 6) is 0. The summed E-state index contributed by atoms with van der Waals surface area (Å²) in [5, 5.41) is 5.59. The van der Waals surface area contributed by atoms with Crippen molar-refractivity contribution in [3.05, 3.63) is 24.3 Å². The van der Waals surface area contributed by atoms with Crippen molar-refractivity contribution < 1.29 is 4.79 Å². The van der Waals surface area contributed by atoms with Gasteiger partial charge < -0.3 is 15.5 Å². The van der Waals surface area contributed by atoms with Crippen LogP contribution in [0.1, 0.15) is 27.2 Å². The second-order valence-electron chi connectivity index (χ2n) is 4.10. The maximum Gasteiger partial charge on any atom is 0.319 e. The molecule has 1 aromatic carbocycles. The van der Waals surface area contributed by atoms with Gasteiger partial charge in [-0.05, 0) is 44.5 Å². The Bertz CT molecular complexity index is 358. The normalized spacial score (nSPS) is 9.94. The molecule has 0 saturated carbocycles. The maximum absolute atomic E-state index is 11.5. The smallest absolute Gasteiger partial charge is 0.319 e. The zero-order chi connectivity index (χ0) is 13.4. The second-order valence-corrected chi connectivity index (χ2v) is 4.10. The third-order valence-corrected chi connectivity index (χ3v) is 2.79. The lowest BCUT2D eigenvalue weighted by Gasteiger charge is -2.21. The first-order chi connectivity index (χ1) is 8.71. The third kappa shape index (κ3) is 4.28. The van der Waals surface area contributed by atoms with Crippen LogP contribution < -0.4 is 15.5 Å². The Balaban J connectivity index is 2.57. The molecular formula is C14H23N3O. The van der Waals surface area contributed by atoms with Crippen LogP contribution in [0.5, 0.6) is 0 Å². The van der Waals surface area contributed by atoms with Crippen molar-refractivity contribution in [2.24, 2.45) is 0 Å². The molecule has 0 heterocycles. The van der Waals surface area contributed by atoms with Gasteiger partial charge in [-0.3, -0.25) is 0 Å². The first kappa shape index (κ1) is 14.4. The SMILES string of the molecule is CCCNC(=O)Nc1ccc(N(CC)CC)cc1. The molecule has 0 aliphatic heterocycles. The molecule has 1 aromatic rings. The van der Waals surface area contributed by atoms with Gasteiger partial charge in [-0.25, -0.2) is 4.79 Å². The van der Waals surface area contributed by atoms with Crippen LogP contribution in [0, 0.1) is 0 Å². The van der Waals surface area contributed by atoms with E-state index in [2.05, 4.69) is 29.4 Å². The monoisotopic (exact) mass is 249 g/mol. The molecule has 2 amide bonds. The first-order valence-corrected chi connectivity index (χ1v) is 6.61. The Morgan fingerprint density at radius 1 is 1.11 bits per heavy atom. The fraction of sp³-hybridized carbons (Fsp3) is 0.500. The standard InChI is InChI=1S/C14H23N3O/c1-4-11-15-14(18)16-12-7-9-13(10-8-12)17(5-2)6-3/h7-10H,4-6,11H2,1-3H3,(H2,15,16,18). The van der Waals surface area contributed by atoms with E-state index in [0.29, 0.717) is 6.54 Å². The maximum atomic E-state index is 11.5. The average Bonchev–Trinajstić information content (AvgIpc) is 2.40. The Morgan fingerprint density at radius 3 is 2.22 bits per heavy atom. The minimum absolute atomic E-state index is 0.146. The van der Waals surface area contributed by atoms with Crippen molar-refractivity contribution >= 4 is 17.4 Å². The summed E-state index contributed by atoms with van der Waals surface area (Å²) in [7, 11) is 0. The van der Waals surface area contributed by atoms with Gasteiger partial charge in [0, 0.05) is 31.0 Å². The molecule has 0 saturated heterocycles.